The number of aryl methyl sites for hydroxylation is 1. The number of fused-ring (bicyclic) bond motifs is 1. The third-order valence-electron chi connectivity index (χ3n) is 8.14. The highest BCUT2D eigenvalue weighted by molar-refractivity contribution is 7.92. The largest absolute Gasteiger partial charge is 0.359 e. The molecule has 1 aliphatic heterocycles. The average Bonchev–Trinajstić information content (AvgIpc) is 3.76. The number of nitrogens with zero attached hydrogens (tertiary/aromatic N) is 4. The van der Waals surface area contributed by atoms with Crippen LogP contribution in [-0.2, 0) is 14.6 Å². The number of aromatic nitrogens is 3. The SMILES string of the molecule is Cc1cnc(Nc2cccc(S(=O)(=O)C3CC3)c2F)nc1-c1c[nH]c2c(NC(=O)[C@@H](C)N3CCN(C)CC3)cccc12. The van der Waals surface area contributed by atoms with Gasteiger partial charge in [0.15, 0.2) is 15.7 Å². The number of para-hydroxylation sites is 1. The molecule has 3 N–H and O–H groups in total. The smallest absolute Gasteiger partial charge is 0.241 e. The van der Waals surface area contributed by atoms with Gasteiger partial charge in [0.05, 0.1) is 33.9 Å². The molecule has 42 heavy (non-hydrogen) atoms. The van der Waals surface area contributed by atoms with Crippen LogP contribution >= 0.6 is 0 Å². The molecule has 6 rings (SSSR count). The average molecular weight is 592 g/mol. The molecule has 1 saturated carbocycles. The second kappa shape index (κ2) is 11.1. The molecule has 0 spiro atoms. The number of nitrogens with one attached hydrogen (secondary N) is 3. The molecule has 0 radical (unpaired) electrons. The Morgan fingerprint density at radius 3 is 2.55 bits per heavy atom. The summed E-state index contributed by atoms with van der Waals surface area (Å²) in [6.07, 6.45) is 4.56. The van der Waals surface area contributed by atoms with Crippen molar-refractivity contribution in [2.75, 3.05) is 43.9 Å². The Balaban J connectivity index is 1.26. The normalized spacial score (nSPS) is 17.3. The van der Waals surface area contributed by atoms with Gasteiger partial charge < -0.3 is 20.5 Å². The molecule has 4 aromatic rings. The predicted molar refractivity (Wildman–Crippen MR) is 161 cm³/mol. The zero-order chi connectivity index (χ0) is 29.6. The van der Waals surface area contributed by atoms with Crippen LogP contribution in [0.5, 0.6) is 0 Å². The molecule has 0 bridgehead atoms. The Morgan fingerprint density at radius 1 is 1.10 bits per heavy atom. The lowest BCUT2D eigenvalue weighted by atomic mass is 10.1. The van der Waals surface area contributed by atoms with E-state index in [1.54, 1.807) is 6.20 Å². The molecule has 2 aliphatic rings. The number of sulfone groups is 1. The third kappa shape index (κ3) is 5.37. The standard InChI is InChI=1S/C30H34FN7O3S/c1-18-16-33-30(35-23-7-5-9-25(26(23)31)42(40,41)20-10-11-20)36-27(18)22-17-32-28-21(22)6-4-8-24(28)34-29(39)19(2)38-14-12-37(3)13-15-38/h4-9,16-17,19-20,32H,10-15H2,1-3H3,(H,34,39)(H,33,35,36)/t19-/m1/s1. The third-order valence-corrected chi connectivity index (χ3v) is 10.4. The number of likely N-dealkylation sites (N-methyl/N-ethyl adjacent to an activating group) is 1. The van der Waals surface area contributed by atoms with Gasteiger partial charge in [-0.15, -0.1) is 0 Å². The van der Waals surface area contributed by atoms with Gasteiger partial charge in [-0.1, -0.05) is 18.2 Å². The maximum absolute atomic E-state index is 15.3. The number of aromatic amines is 1. The van der Waals surface area contributed by atoms with Gasteiger partial charge in [-0.2, -0.15) is 0 Å². The second-order valence-electron chi connectivity index (χ2n) is 11.1. The minimum Gasteiger partial charge on any atom is -0.359 e. The van der Waals surface area contributed by atoms with Crippen molar-refractivity contribution < 1.29 is 17.6 Å². The summed E-state index contributed by atoms with van der Waals surface area (Å²) in [5, 5.41) is 6.30. The molecular formula is C30H34FN7O3S. The fraction of sp³-hybridized carbons (Fsp3) is 0.367. The van der Waals surface area contributed by atoms with Crippen molar-refractivity contribution in [3.63, 3.8) is 0 Å². The Hall–Kier alpha value is -3.87. The number of anilines is 3. The highest BCUT2D eigenvalue weighted by Crippen LogP contribution is 2.37. The fourth-order valence-electron chi connectivity index (χ4n) is 5.35. The van der Waals surface area contributed by atoms with E-state index in [4.69, 9.17) is 0 Å². The van der Waals surface area contributed by atoms with E-state index in [1.165, 1.54) is 18.2 Å². The van der Waals surface area contributed by atoms with Crippen LogP contribution in [0.4, 0.5) is 21.7 Å². The number of halogens is 1. The Bertz CT molecular complexity index is 1760. The molecule has 12 heteroatoms. The van der Waals surface area contributed by atoms with Crippen molar-refractivity contribution in [1.29, 1.82) is 0 Å². The summed E-state index contributed by atoms with van der Waals surface area (Å²) in [5.74, 6) is -0.774. The van der Waals surface area contributed by atoms with Gasteiger partial charge in [-0.05, 0) is 57.5 Å². The summed E-state index contributed by atoms with van der Waals surface area (Å²) >= 11 is 0. The van der Waals surface area contributed by atoms with Crippen LogP contribution in [0.15, 0.2) is 53.7 Å². The second-order valence-corrected chi connectivity index (χ2v) is 13.3. The maximum atomic E-state index is 15.3. The van der Waals surface area contributed by atoms with Crippen LogP contribution in [0.1, 0.15) is 25.3 Å². The van der Waals surface area contributed by atoms with Gasteiger partial charge in [0.1, 0.15) is 4.90 Å². The minimum absolute atomic E-state index is 0.00933. The molecule has 0 unspecified atom stereocenters. The van der Waals surface area contributed by atoms with Gasteiger partial charge in [0.25, 0.3) is 0 Å². The molecule has 1 amide bonds. The van der Waals surface area contributed by atoms with Crippen LogP contribution in [0.25, 0.3) is 22.2 Å². The molecule has 1 atom stereocenters. The highest BCUT2D eigenvalue weighted by Gasteiger charge is 2.39. The summed E-state index contributed by atoms with van der Waals surface area (Å²) in [4.78, 5) is 29.6. The van der Waals surface area contributed by atoms with Crippen molar-refractivity contribution in [2.24, 2.45) is 0 Å². The van der Waals surface area contributed by atoms with Crippen LogP contribution in [0.2, 0.25) is 0 Å². The number of H-pyrrole nitrogens is 1. The number of rotatable bonds is 8. The number of amides is 1. The van der Waals surface area contributed by atoms with Crippen molar-refractivity contribution >= 4 is 44.0 Å². The molecule has 3 heterocycles. The van der Waals surface area contributed by atoms with E-state index in [-0.39, 0.29) is 28.5 Å². The molecular weight excluding hydrogens is 557 g/mol. The summed E-state index contributed by atoms with van der Waals surface area (Å²) in [5.41, 5.74) is 3.64. The number of carbonyl (C=O) groups is 1. The van der Waals surface area contributed by atoms with Crippen LogP contribution in [0, 0.1) is 12.7 Å². The first-order valence-electron chi connectivity index (χ1n) is 14.1. The topological polar surface area (TPSA) is 123 Å². The van der Waals surface area contributed by atoms with Gasteiger partial charge in [-0.25, -0.2) is 22.8 Å². The zero-order valence-corrected chi connectivity index (χ0v) is 24.6. The highest BCUT2D eigenvalue weighted by atomic mass is 32.2. The molecule has 1 aliphatic carbocycles. The number of carbonyl (C=O) groups excluding carboxylic acids is 1. The molecule has 2 aromatic heterocycles. The van der Waals surface area contributed by atoms with Crippen molar-refractivity contribution in [3.8, 4) is 11.3 Å². The first-order chi connectivity index (χ1) is 20.1. The monoisotopic (exact) mass is 591 g/mol. The molecule has 220 valence electrons. The first-order valence-corrected chi connectivity index (χ1v) is 15.6. The van der Waals surface area contributed by atoms with Crippen LogP contribution in [-0.4, -0.2) is 83.6 Å². The van der Waals surface area contributed by atoms with Crippen molar-refractivity contribution in [2.45, 2.75) is 42.9 Å². The van der Waals surface area contributed by atoms with Crippen molar-refractivity contribution in [1.82, 2.24) is 24.8 Å². The van der Waals surface area contributed by atoms with Crippen LogP contribution in [0.3, 0.4) is 0 Å². The zero-order valence-electron chi connectivity index (χ0n) is 23.8. The molecule has 10 nitrogen and oxygen atoms in total. The van der Waals surface area contributed by atoms with Gasteiger partial charge in [0.2, 0.25) is 11.9 Å². The number of benzene rings is 2. The van der Waals surface area contributed by atoms with E-state index in [0.717, 1.165) is 48.2 Å². The van der Waals surface area contributed by atoms with E-state index in [2.05, 4.69) is 42.4 Å². The summed E-state index contributed by atoms with van der Waals surface area (Å²) < 4.78 is 40.7. The Labute approximate surface area is 244 Å². The first kappa shape index (κ1) is 28.3. The van der Waals surface area contributed by atoms with E-state index in [9.17, 15) is 13.2 Å². The van der Waals surface area contributed by atoms with Crippen molar-refractivity contribution in [3.05, 3.63) is 60.2 Å². The van der Waals surface area contributed by atoms with E-state index in [1.807, 2.05) is 38.2 Å². The Kier molecular flexibility index (Phi) is 7.46. The van der Waals surface area contributed by atoms with Gasteiger partial charge in [0, 0.05) is 49.5 Å². The van der Waals surface area contributed by atoms with Crippen LogP contribution < -0.4 is 10.6 Å². The molecule has 2 aromatic carbocycles. The number of hydrogen-bond donors (Lipinski definition) is 3. The number of piperazine rings is 1. The molecule has 2 fully saturated rings. The summed E-state index contributed by atoms with van der Waals surface area (Å²) in [6.45, 7) is 7.36. The quantitative estimate of drug-likeness (QED) is 0.277. The lowest BCUT2D eigenvalue weighted by Gasteiger charge is -2.35. The fourth-order valence-corrected chi connectivity index (χ4v) is 7.09. The molecule has 1 saturated heterocycles. The lowest BCUT2D eigenvalue weighted by molar-refractivity contribution is -0.121. The summed E-state index contributed by atoms with van der Waals surface area (Å²) in [6, 6.07) is 9.70. The number of hydrogen-bond acceptors (Lipinski definition) is 8. The summed E-state index contributed by atoms with van der Waals surface area (Å²) in [7, 11) is -1.62. The van der Waals surface area contributed by atoms with E-state index >= 15 is 4.39 Å². The Morgan fingerprint density at radius 2 is 1.81 bits per heavy atom. The lowest BCUT2D eigenvalue weighted by Crippen LogP contribution is -2.51. The van der Waals surface area contributed by atoms with Gasteiger partial charge >= 0.3 is 0 Å². The van der Waals surface area contributed by atoms with Gasteiger partial charge in [-0.3, -0.25) is 9.69 Å². The van der Waals surface area contributed by atoms with E-state index in [0.29, 0.717) is 24.2 Å². The maximum Gasteiger partial charge on any atom is 0.241 e. The predicted octanol–water partition coefficient (Wildman–Crippen LogP) is 4.33. The van der Waals surface area contributed by atoms with E-state index < -0.39 is 20.9 Å². The minimum atomic E-state index is -3.71.